The molecule has 1 aliphatic carbocycles. The Kier molecular flexibility index (Phi) is 3.67. The van der Waals surface area contributed by atoms with Gasteiger partial charge in [-0.2, -0.15) is 0 Å². The largest absolute Gasteiger partial charge is 0.357 e. The van der Waals surface area contributed by atoms with Crippen molar-refractivity contribution in [3.63, 3.8) is 0 Å². The smallest absolute Gasteiger partial charge is 0.0984 e. The van der Waals surface area contributed by atoms with Crippen molar-refractivity contribution in [1.82, 2.24) is 4.90 Å². The molecule has 3 rings (SSSR count). The average molecular weight is 283 g/mol. The molecule has 1 saturated heterocycles. The lowest BCUT2D eigenvalue weighted by Gasteiger charge is -2.29. The monoisotopic (exact) mass is 282 g/mol. The molecule has 1 heterocycles. The Morgan fingerprint density at radius 1 is 1.39 bits per heavy atom. The summed E-state index contributed by atoms with van der Waals surface area (Å²) in [6, 6.07) is 9.18. The molecule has 0 bridgehead atoms. The van der Waals surface area contributed by atoms with Crippen LogP contribution in [0.5, 0.6) is 0 Å². The van der Waals surface area contributed by atoms with E-state index in [4.69, 9.17) is 18.0 Å². The lowest BCUT2D eigenvalue weighted by Crippen LogP contribution is -2.44. The minimum absolute atomic E-state index is 0. The van der Waals surface area contributed by atoms with Crippen LogP contribution in [0.3, 0.4) is 0 Å². The highest BCUT2D eigenvalue weighted by Gasteiger charge is 2.40. The maximum atomic E-state index is 6.22. The fourth-order valence-corrected chi connectivity index (χ4v) is 3.37. The van der Waals surface area contributed by atoms with Gasteiger partial charge >= 0.3 is 0 Å². The van der Waals surface area contributed by atoms with Crippen LogP contribution in [0.4, 0.5) is 0 Å². The summed E-state index contributed by atoms with van der Waals surface area (Å²) in [4.78, 5) is 3.29. The third kappa shape index (κ3) is 2.04. The highest BCUT2D eigenvalue weighted by Crippen LogP contribution is 2.39. The lowest BCUT2D eigenvalue weighted by molar-refractivity contribution is 0.344. The van der Waals surface area contributed by atoms with Gasteiger partial charge in [0, 0.05) is 6.54 Å². The Labute approximate surface area is 120 Å². The van der Waals surface area contributed by atoms with Crippen molar-refractivity contribution in [1.29, 1.82) is 0 Å². The molecule has 98 valence electrons. The molecule has 2 N–H and O–H groups in total. The number of hydrogen-bond acceptors (Lipinski definition) is 2. The molecule has 0 saturated carbocycles. The summed E-state index contributed by atoms with van der Waals surface area (Å²) in [5.74, 6) is 0. The van der Waals surface area contributed by atoms with E-state index in [2.05, 4.69) is 36.1 Å². The summed E-state index contributed by atoms with van der Waals surface area (Å²) in [5.41, 5.74) is 8.86. The highest BCUT2D eigenvalue weighted by atomic mass is 35.5. The zero-order valence-electron chi connectivity index (χ0n) is 10.6. The van der Waals surface area contributed by atoms with Crippen LogP contribution in [-0.4, -0.2) is 22.0 Å². The number of rotatable bonds is 1. The molecule has 1 fully saturated rings. The maximum Gasteiger partial charge on any atom is 0.0984 e. The van der Waals surface area contributed by atoms with Gasteiger partial charge in [-0.25, -0.2) is 0 Å². The third-order valence-corrected chi connectivity index (χ3v) is 4.80. The van der Waals surface area contributed by atoms with Gasteiger partial charge in [-0.05, 0) is 37.3 Å². The van der Waals surface area contributed by atoms with E-state index < -0.39 is 0 Å². The van der Waals surface area contributed by atoms with Crippen LogP contribution >= 0.6 is 24.6 Å². The second kappa shape index (κ2) is 4.80. The number of thiocarbonyl (C=S) groups is 1. The normalized spacial score (nSPS) is 30.2. The molecular formula is C14H19ClN2S. The van der Waals surface area contributed by atoms with Gasteiger partial charge in [-0.1, -0.05) is 36.5 Å². The van der Waals surface area contributed by atoms with E-state index in [0.717, 1.165) is 18.0 Å². The molecule has 0 aromatic heterocycles. The summed E-state index contributed by atoms with van der Waals surface area (Å²) in [6.07, 6.45) is 3.32. The predicted octanol–water partition coefficient (Wildman–Crippen LogP) is 2.85. The van der Waals surface area contributed by atoms with Gasteiger partial charge in [-0.3, -0.25) is 0 Å². The second-order valence-corrected chi connectivity index (χ2v) is 5.81. The molecule has 2 atom stereocenters. The van der Waals surface area contributed by atoms with Gasteiger partial charge in [0.1, 0.15) is 0 Å². The summed E-state index contributed by atoms with van der Waals surface area (Å²) in [7, 11) is 0. The Balaban J connectivity index is 0.00000120. The molecule has 2 nitrogen and oxygen atoms in total. The summed E-state index contributed by atoms with van der Waals surface area (Å²) in [5, 5.41) is 0. The zero-order chi connectivity index (χ0) is 12.0. The summed E-state index contributed by atoms with van der Waals surface area (Å²) in [6.45, 7) is 3.06. The molecule has 0 radical (unpaired) electrons. The molecule has 2 unspecified atom stereocenters. The number of benzene rings is 1. The van der Waals surface area contributed by atoms with Gasteiger partial charge < -0.3 is 10.6 Å². The van der Waals surface area contributed by atoms with Crippen molar-refractivity contribution >= 4 is 29.6 Å². The SMILES string of the molecule is CC1(N)CCN(C2CCc3ccccc32)C1=S.Cl. The van der Waals surface area contributed by atoms with Crippen LogP contribution in [0.25, 0.3) is 0 Å². The third-order valence-electron chi connectivity index (χ3n) is 4.10. The Morgan fingerprint density at radius 2 is 2.11 bits per heavy atom. The molecule has 18 heavy (non-hydrogen) atoms. The molecule has 0 amide bonds. The standard InChI is InChI=1S/C14H18N2S.ClH/c1-14(15)8-9-16(13(14)17)12-7-6-10-4-2-3-5-11(10)12;/h2-5,12H,6-9,15H2,1H3;1H. The van der Waals surface area contributed by atoms with E-state index in [1.807, 2.05) is 0 Å². The van der Waals surface area contributed by atoms with Crippen molar-refractivity contribution in [3.8, 4) is 0 Å². The van der Waals surface area contributed by atoms with Crippen LogP contribution in [0.15, 0.2) is 24.3 Å². The van der Waals surface area contributed by atoms with Gasteiger partial charge in [0.05, 0.1) is 16.6 Å². The number of hydrogen-bond donors (Lipinski definition) is 1. The van der Waals surface area contributed by atoms with E-state index in [0.29, 0.717) is 6.04 Å². The van der Waals surface area contributed by atoms with E-state index in [9.17, 15) is 0 Å². The number of fused-ring (bicyclic) bond motifs is 1. The molecule has 1 aromatic rings. The van der Waals surface area contributed by atoms with E-state index in [1.54, 1.807) is 0 Å². The van der Waals surface area contributed by atoms with Crippen molar-refractivity contribution in [2.75, 3.05) is 6.54 Å². The first-order chi connectivity index (χ1) is 8.09. The fraction of sp³-hybridized carbons (Fsp3) is 0.500. The number of nitrogens with two attached hydrogens (primary N) is 1. The van der Waals surface area contributed by atoms with Crippen molar-refractivity contribution in [2.24, 2.45) is 5.73 Å². The first-order valence-corrected chi connectivity index (χ1v) is 6.68. The van der Waals surface area contributed by atoms with Crippen LogP contribution in [-0.2, 0) is 6.42 Å². The fourth-order valence-electron chi connectivity index (χ4n) is 3.05. The zero-order valence-corrected chi connectivity index (χ0v) is 12.2. The maximum absolute atomic E-state index is 6.22. The second-order valence-electron chi connectivity index (χ2n) is 5.42. The van der Waals surface area contributed by atoms with Crippen molar-refractivity contribution in [3.05, 3.63) is 35.4 Å². The highest BCUT2D eigenvalue weighted by molar-refractivity contribution is 7.80. The average Bonchev–Trinajstić information content (AvgIpc) is 2.83. The lowest BCUT2D eigenvalue weighted by atomic mass is 10.0. The van der Waals surface area contributed by atoms with E-state index >= 15 is 0 Å². The number of likely N-dealkylation sites (tertiary alicyclic amines) is 1. The molecule has 2 aliphatic rings. The summed E-state index contributed by atoms with van der Waals surface area (Å²) < 4.78 is 0. The van der Waals surface area contributed by atoms with Gasteiger partial charge in [-0.15, -0.1) is 12.4 Å². The Bertz CT molecular complexity index is 473. The number of halogens is 1. The van der Waals surface area contributed by atoms with Gasteiger partial charge in [0.25, 0.3) is 0 Å². The van der Waals surface area contributed by atoms with Crippen molar-refractivity contribution in [2.45, 2.75) is 37.8 Å². The van der Waals surface area contributed by atoms with Gasteiger partial charge in [0.15, 0.2) is 0 Å². The Hall–Kier alpha value is -0.640. The van der Waals surface area contributed by atoms with Crippen LogP contribution in [0.2, 0.25) is 0 Å². The van der Waals surface area contributed by atoms with Crippen LogP contribution in [0.1, 0.15) is 36.9 Å². The molecule has 4 heteroatoms. The summed E-state index contributed by atoms with van der Waals surface area (Å²) >= 11 is 5.54. The molecule has 1 aromatic carbocycles. The molecule has 0 spiro atoms. The van der Waals surface area contributed by atoms with E-state index in [-0.39, 0.29) is 17.9 Å². The minimum atomic E-state index is -0.285. The first-order valence-electron chi connectivity index (χ1n) is 6.27. The predicted molar refractivity (Wildman–Crippen MR) is 81.3 cm³/mol. The van der Waals surface area contributed by atoms with Crippen molar-refractivity contribution < 1.29 is 0 Å². The first kappa shape index (κ1) is 13.8. The van der Waals surface area contributed by atoms with E-state index in [1.165, 1.54) is 24.0 Å². The molecular weight excluding hydrogens is 264 g/mol. The number of nitrogens with zero attached hydrogens (tertiary/aromatic N) is 1. The Morgan fingerprint density at radius 3 is 2.78 bits per heavy atom. The quantitative estimate of drug-likeness (QED) is 0.803. The van der Waals surface area contributed by atoms with Crippen LogP contribution < -0.4 is 5.73 Å². The topological polar surface area (TPSA) is 29.3 Å². The van der Waals surface area contributed by atoms with Gasteiger partial charge in [0.2, 0.25) is 0 Å². The number of aryl methyl sites for hydroxylation is 1. The van der Waals surface area contributed by atoms with Crippen LogP contribution in [0, 0.1) is 0 Å². The molecule has 1 aliphatic heterocycles. The minimum Gasteiger partial charge on any atom is -0.357 e.